The fourth-order valence-electron chi connectivity index (χ4n) is 4.87. The summed E-state index contributed by atoms with van der Waals surface area (Å²) in [6.07, 6.45) is 5.31. The van der Waals surface area contributed by atoms with Crippen molar-refractivity contribution in [2.45, 2.75) is 64.7 Å². The number of hydrogen-bond acceptors (Lipinski definition) is 4. The van der Waals surface area contributed by atoms with E-state index in [1.54, 1.807) is 6.08 Å². The van der Waals surface area contributed by atoms with Gasteiger partial charge in [-0.05, 0) is 49.5 Å². The van der Waals surface area contributed by atoms with E-state index in [1.165, 1.54) is 0 Å². The van der Waals surface area contributed by atoms with E-state index in [1.807, 2.05) is 99.7 Å². The van der Waals surface area contributed by atoms with Crippen LogP contribution in [-0.4, -0.2) is 44.0 Å². The Bertz CT molecular complexity index is 1390. The van der Waals surface area contributed by atoms with Crippen molar-refractivity contribution >= 4 is 23.6 Å². The highest BCUT2D eigenvalue weighted by molar-refractivity contribution is 6.11. The van der Waals surface area contributed by atoms with E-state index in [2.05, 4.69) is 16.5 Å². The number of benzene rings is 2. The van der Waals surface area contributed by atoms with Crippen LogP contribution in [0.25, 0.3) is 17.2 Å². The van der Waals surface area contributed by atoms with Gasteiger partial charge < -0.3 is 25.2 Å². The first-order valence-electron chi connectivity index (χ1n) is 13.9. The van der Waals surface area contributed by atoms with Crippen LogP contribution in [0.4, 0.5) is 5.69 Å². The summed E-state index contributed by atoms with van der Waals surface area (Å²) >= 11 is 0. The summed E-state index contributed by atoms with van der Waals surface area (Å²) in [6, 6.07) is 19.1. The summed E-state index contributed by atoms with van der Waals surface area (Å²) in [5, 5.41) is 32.8. The normalized spacial score (nSPS) is 13.4. The Kier molecular flexibility index (Phi) is 11.4. The Balaban J connectivity index is 2.19. The zero-order chi connectivity index (χ0) is 29.9. The minimum absolute atomic E-state index is 0.0451. The number of aliphatic hydroxyl groups is 2. The number of amides is 1. The SMILES string of the molecule is C=C/C(C)=C\C=C\c1c(-c2ccccc2)c(C(=O)Nc2ccccc2)c(C(C)C)n1CCC(O)CC(O)CC(=O)O. The maximum Gasteiger partial charge on any atom is 0.305 e. The minimum atomic E-state index is -1.14. The molecule has 0 saturated carbocycles. The fraction of sp³-hybridized carbons (Fsp3) is 0.294. The monoisotopic (exact) mass is 556 g/mol. The largest absolute Gasteiger partial charge is 0.481 e. The number of carboxylic acids is 1. The van der Waals surface area contributed by atoms with Crippen molar-refractivity contribution in [2.24, 2.45) is 0 Å². The smallest absolute Gasteiger partial charge is 0.305 e. The molecule has 3 aromatic rings. The molecule has 2 unspecified atom stereocenters. The van der Waals surface area contributed by atoms with Crippen LogP contribution in [0.1, 0.15) is 67.7 Å². The van der Waals surface area contributed by atoms with Gasteiger partial charge in [-0.2, -0.15) is 0 Å². The summed E-state index contributed by atoms with van der Waals surface area (Å²) in [6.45, 7) is 10.2. The minimum Gasteiger partial charge on any atom is -0.481 e. The van der Waals surface area contributed by atoms with Crippen LogP contribution in [0.15, 0.2) is 91.0 Å². The van der Waals surface area contributed by atoms with Crippen LogP contribution in [0.3, 0.4) is 0 Å². The molecule has 0 aliphatic heterocycles. The molecule has 0 fully saturated rings. The molecular formula is C34H40N2O5. The second-order valence-electron chi connectivity index (χ2n) is 10.4. The lowest BCUT2D eigenvalue weighted by Gasteiger charge is -2.19. The molecule has 41 heavy (non-hydrogen) atoms. The molecule has 2 aromatic carbocycles. The van der Waals surface area contributed by atoms with Gasteiger partial charge in [-0.1, -0.05) is 92.8 Å². The molecular weight excluding hydrogens is 516 g/mol. The van der Waals surface area contributed by atoms with Crippen LogP contribution in [-0.2, 0) is 11.3 Å². The lowest BCUT2D eigenvalue weighted by Crippen LogP contribution is -2.22. The zero-order valence-electron chi connectivity index (χ0n) is 24.0. The first-order chi connectivity index (χ1) is 19.6. The standard InChI is InChI=1S/C34H40N2O5/c1-5-24(4)13-12-18-29-31(25-14-8-6-9-15-25)32(34(41)35-26-16-10-7-11-17-26)33(23(2)3)36(29)20-19-27(37)21-28(38)22-30(39)40/h5-18,23,27-28,37-38H,1,19-22H2,2-4H3,(H,35,41)(H,39,40)/b18-12+,24-13-. The van der Waals surface area contributed by atoms with Gasteiger partial charge in [0.05, 0.1) is 24.2 Å². The third-order valence-corrected chi connectivity index (χ3v) is 6.79. The molecule has 0 aliphatic carbocycles. The Hall–Kier alpha value is -4.20. The molecule has 2 atom stereocenters. The number of rotatable bonds is 14. The summed E-state index contributed by atoms with van der Waals surface area (Å²) in [5.41, 5.74) is 5.51. The number of carboxylic acid groups (broad SMARTS) is 1. The van der Waals surface area contributed by atoms with Gasteiger partial charge in [0.1, 0.15) is 0 Å². The molecule has 1 heterocycles. The van der Waals surface area contributed by atoms with Crippen LogP contribution >= 0.6 is 0 Å². The van der Waals surface area contributed by atoms with E-state index in [0.717, 1.165) is 28.1 Å². The number of anilines is 1. The van der Waals surface area contributed by atoms with E-state index >= 15 is 0 Å². The number of aliphatic hydroxyl groups excluding tert-OH is 2. The molecule has 4 N–H and O–H groups in total. The van der Waals surface area contributed by atoms with Crippen LogP contribution in [0.5, 0.6) is 0 Å². The molecule has 0 radical (unpaired) electrons. The number of allylic oxidation sites excluding steroid dienone is 4. The van der Waals surface area contributed by atoms with Crippen molar-refractivity contribution in [3.63, 3.8) is 0 Å². The summed E-state index contributed by atoms with van der Waals surface area (Å²) < 4.78 is 2.06. The molecule has 7 nitrogen and oxygen atoms in total. The highest BCUT2D eigenvalue weighted by atomic mass is 16.4. The lowest BCUT2D eigenvalue weighted by atomic mass is 9.96. The van der Waals surface area contributed by atoms with Crippen molar-refractivity contribution in [1.82, 2.24) is 4.57 Å². The van der Waals surface area contributed by atoms with Gasteiger partial charge in [0.15, 0.2) is 0 Å². The fourth-order valence-corrected chi connectivity index (χ4v) is 4.87. The van der Waals surface area contributed by atoms with Crippen molar-refractivity contribution in [1.29, 1.82) is 0 Å². The van der Waals surface area contributed by atoms with E-state index in [4.69, 9.17) is 5.11 Å². The molecule has 0 spiro atoms. The highest BCUT2D eigenvalue weighted by Gasteiger charge is 2.29. The van der Waals surface area contributed by atoms with Crippen molar-refractivity contribution in [3.8, 4) is 11.1 Å². The second kappa shape index (κ2) is 15.0. The van der Waals surface area contributed by atoms with Gasteiger partial charge in [-0.25, -0.2) is 0 Å². The van der Waals surface area contributed by atoms with Crippen LogP contribution in [0, 0.1) is 0 Å². The molecule has 3 rings (SSSR count). The van der Waals surface area contributed by atoms with Gasteiger partial charge in [0, 0.05) is 29.2 Å². The Labute approximate surface area is 242 Å². The first-order valence-corrected chi connectivity index (χ1v) is 13.9. The predicted molar refractivity (Wildman–Crippen MR) is 165 cm³/mol. The van der Waals surface area contributed by atoms with Crippen LogP contribution < -0.4 is 5.32 Å². The van der Waals surface area contributed by atoms with Crippen LogP contribution in [0.2, 0.25) is 0 Å². The van der Waals surface area contributed by atoms with Gasteiger partial charge in [-0.15, -0.1) is 0 Å². The summed E-state index contributed by atoms with van der Waals surface area (Å²) in [7, 11) is 0. The molecule has 1 amide bonds. The number of para-hydroxylation sites is 1. The maximum absolute atomic E-state index is 14.0. The van der Waals surface area contributed by atoms with E-state index in [-0.39, 0.29) is 24.7 Å². The first kappa shape index (κ1) is 31.3. The van der Waals surface area contributed by atoms with Crippen molar-refractivity contribution < 1.29 is 24.9 Å². The lowest BCUT2D eigenvalue weighted by molar-refractivity contribution is -0.139. The number of nitrogens with zero attached hydrogens (tertiary/aromatic N) is 1. The number of nitrogens with one attached hydrogen (secondary N) is 1. The number of hydrogen-bond donors (Lipinski definition) is 4. The Morgan fingerprint density at radius 1 is 1.00 bits per heavy atom. The van der Waals surface area contributed by atoms with Gasteiger partial charge >= 0.3 is 5.97 Å². The average molecular weight is 557 g/mol. The van der Waals surface area contributed by atoms with Crippen molar-refractivity contribution in [2.75, 3.05) is 5.32 Å². The molecule has 7 heteroatoms. The summed E-state index contributed by atoms with van der Waals surface area (Å²) in [5.74, 6) is -1.40. The van der Waals surface area contributed by atoms with Crippen molar-refractivity contribution in [3.05, 3.63) is 108 Å². The zero-order valence-corrected chi connectivity index (χ0v) is 24.0. The average Bonchev–Trinajstić information content (AvgIpc) is 3.26. The maximum atomic E-state index is 14.0. The van der Waals surface area contributed by atoms with E-state index in [9.17, 15) is 19.8 Å². The Morgan fingerprint density at radius 2 is 1.63 bits per heavy atom. The number of carbonyl (C=O) groups excluding carboxylic acids is 1. The third kappa shape index (κ3) is 8.64. The molecule has 1 aromatic heterocycles. The summed E-state index contributed by atoms with van der Waals surface area (Å²) in [4.78, 5) is 25.0. The predicted octanol–water partition coefficient (Wildman–Crippen LogP) is 6.65. The second-order valence-corrected chi connectivity index (χ2v) is 10.4. The topological polar surface area (TPSA) is 112 Å². The quantitative estimate of drug-likeness (QED) is 0.166. The number of aliphatic carboxylic acids is 1. The van der Waals surface area contributed by atoms with Gasteiger partial charge in [0.25, 0.3) is 5.91 Å². The molecule has 216 valence electrons. The van der Waals surface area contributed by atoms with E-state index < -0.39 is 24.6 Å². The Morgan fingerprint density at radius 3 is 2.22 bits per heavy atom. The van der Waals surface area contributed by atoms with E-state index in [0.29, 0.717) is 17.8 Å². The van der Waals surface area contributed by atoms with Gasteiger partial charge in [0.2, 0.25) is 0 Å². The molecule has 0 saturated heterocycles. The number of aromatic nitrogens is 1. The number of carbonyl (C=O) groups is 2. The molecule has 0 aliphatic rings. The highest BCUT2D eigenvalue weighted by Crippen LogP contribution is 2.38. The molecule has 0 bridgehead atoms. The third-order valence-electron chi connectivity index (χ3n) is 6.79. The van der Waals surface area contributed by atoms with Gasteiger partial charge in [-0.3, -0.25) is 9.59 Å².